The molecule has 8 heteroatoms. The number of anilines is 2. The number of nitrogens with two attached hydrogens (primary N) is 1. The van der Waals surface area contributed by atoms with E-state index >= 15 is 0 Å². The van der Waals surface area contributed by atoms with Crippen molar-refractivity contribution in [1.29, 1.82) is 5.26 Å². The van der Waals surface area contributed by atoms with Gasteiger partial charge in [-0.25, -0.2) is 0 Å². The number of rotatable bonds is 5. The highest BCUT2D eigenvalue weighted by Crippen LogP contribution is 2.26. The summed E-state index contributed by atoms with van der Waals surface area (Å²) in [5.74, 6) is 0.148. The summed E-state index contributed by atoms with van der Waals surface area (Å²) in [5, 5.41) is 12.1. The highest BCUT2D eigenvalue weighted by molar-refractivity contribution is 7.10. The molecule has 4 nitrogen and oxygen atoms in total. The summed E-state index contributed by atoms with van der Waals surface area (Å²) in [6.45, 7) is 0.367. The zero-order valence-corrected chi connectivity index (χ0v) is 9.66. The molecule has 0 aliphatic heterocycles. The van der Waals surface area contributed by atoms with Gasteiger partial charge in [0.2, 0.25) is 0 Å². The first-order chi connectivity index (χ1) is 7.94. The Morgan fingerprint density at radius 2 is 2.12 bits per heavy atom. The highest BCUT2D eigenvalue weighted by atomic mass is 32.1. The van der Waals surface area contributed by atoms with Crippen LogP contribution in [0, 0.1) is 11.3 Å². The Morgan fingerprint density at radius 1 is 1.41 bits per heavy atom. The normalized spacial score (nSPS) is 11.2. The molecule has 3 N–H and O–H groups in total. The number of halogens is 3. The molecule has 94 valence electrons. The summed E-state index contributed by atoms with van der Waals surface area (Å²) in [6.07, 6.45) is -4.45. The molecule has 1 aromatic heterocycles. The van der Waals surface area contributed by atoms with Crippen LogP contribution in [-0.2, 0) is 0 Å². The fourth-order valence-corrected chi connectivity index (χ4v) is 1.87. The van der Waals surface area contributed by atoms with Crippen molar-refractivity contribution in [3.8, 4) is 6.07 Å². The zero-order valence-electron chi connectivity index (χ0n) is 8.84. The van der Waals surface area contributed by atoms with Gasteiger partial charge in [-0.2, -0.15) is 22.8 Å². The van der Waals surface area contributed by atoms with Crippen LogP contribution in [0.15, 0.2) is 0 Å². The highest BCUT2D eigenvalue weighted by Gasteiger charge is 2.25. The topological polar surface area (TPSA) is 74.7 Å². The van der Waals surface area contributed by atoms with Crippen LogP contribution in [-0.4, -0.2) is 17.1 Å². The summed E-state index contributed by atoms with van der Waals surface area (Å²) < 4.78 is 39.3. The summed E-state index contributed by atoms with van der Waals surface area (Å²) in [5.41, 5.74) is 5.68. The first-order valence-corrected chi connectivity index (χ1v) is 5.67. The predicted molar refractivity (Wildman–Crippen MR) is 59.6 cm³/mol. The van der Waals surface area contributed by atoms with E-state index in [1.807, 2.05) is 6.07 Å². The first kappa shape index (κ1) is 13.6. The third-order valence-electron chi connectivity index (χ3n) is 2.00. The lowest BCUT2D eigenvalue weighted by atomic mass is 10.2. The quantitative estimate of drug-likeness (QED) is 0.802. The standard InChI is InChI=1S/C9H11F3N4S/c10-9(11,12)3-1-2-4-15-8-6(5-13)7(14)16-17-8/h15H,1-4H2,(H2,14,16). The van der Waals surface area contributed by atoms with Crippen molar-refractivity contribution in [3.05, 3.63) is 5.56 Å². The maximum absolute atomic E-state index is 11.8. The maximum Gasteiger partial charge on any atom is 0.389 e. The van der Waals surface area contributed by atoms with Gasteiger partial charge in [0.1, 0.15) is 16.6 Å². The van der Waals surface area contributed by atoms with E-state index in [1.54, 1.807) is 0 Å². The average Bonchev–Trinajstić information content (AvgIpc) is 2.57. The fourth-order valence-electron chi connectivity index (χ4n) is 1.18. The van der Waals surface area contributed by atoms with Crippen molar-refractivity contribution in [3.63, 3.8) is 0 Å². The van der Waals surface area contributed by atoms with Crippen LogP contribution in [0.3, 0.4) is 0 Å². The van der Waals surface area contributed by atoms with Crippen LogP contribution < -0.4 is 11.1 Å². The van der Waals surface area contributed by atoms with Crippen LogP contribution in [0.4, 0.5) is 24.0 Å². The minimum absolute atomic E-state index is 0.0622. The molecule has 1 rings (SSSR count). The summed E-state index contributed by atoms with van der Waals surface area (Å²) in [6, 6.07) is 1.89. The molecule has 0 radical (unpaired) electrons. The number of aromatic nitrogens is 1. The van der Waals surface area contributed by atoms with Gasteiger partial charge < -0.3 is 11.1 Å². The van der Waals surface area contributed by atoms with Gasteiger partial charge in [-0.05, 0) is 24.4 Å². The van der Waals surface area contributed by atoms with Crippen LogP contribution in [0.5, 0.6) is 0 Å². The lowest BCUT2D eigenvalue weighted by Gasteiger charge is -2.06. The average molecular weight is 264 g/mol. The molecule has 0 amide bonds. The SMILES string of the molecule is N#Cc1c(N)nsc1NCCCCC(F)(F)F. The molecule has 0 unspecified atom stereocenters. The summed E-state index contributed by atoms with van der Waals surface area (Å²) in [4.78, 5) is 0. The van der Waals surface area contributed by atoms with Gasteiger partial charge in [-0.1, -0.05) is 0 Å². The molecular formula is C9H11F3N4S. The molecular weight excluding hydrogens is 253 g/mol. The van der Waals surface area contributed by atoms with Gasteiger partial charge in [-0.3, -0.25) is 0 Å². The van der Waals surface area contributed by atoms with Crippen molar-refractivity contribution in [1.82, 2.24) is 4.37 Å². The van der Waals surface area contributed by atoms with E-state index in [0.717, 1.165) is 11.5 Å². The van der Waals surface area contributed by atoms with Gasteiger partial charge in [0.25, 0.3) is 0 Å². The fraction of sp³-hybridized carbons (Fsp3) is 0.556. The van der Waals surface area contributed by atoms with Crippen molar-refractivity contribution >= 4 is 22.4 Å². The molecule has 0 saturated carbocycles. The molecule has 0 atom stereocenters. The lowest BCUT2D eigenvalue weighted by Crippen LogP contribution is -2.08. The second kappa shape index (κ2) is 5.72. The number of nitrogens with one attached hydrogen (secondary N) is 1. The zero-order chi connectivity index (χ0) is 12.9. The molecule has 0 bridgehead atoms. The minimum atomic E-state index is -4.10. The Kier molecular flexibility index (Phi) is 4.57. The molecule has 17 heavy (non-hydrogen) atoms. The maximum atomic E-state index is 11.8. The van der Waals surface area contributed by atoms with Crippen molar-refractivity contribution < 1.29 is 13.2 Å². The minimum Gasteiger partial charge on any atom is -0.382 e. The second-order valence-electron chi connectivity index (χ2n) is 3.38. The summed E-state index contributed by atoms with van der Waals surface area (Å²) >= 11 is 1.03. The van der Waals surface area contributed by atoms with Crippen molar-refractivity contribution in [2.24, 2.45) is 0 Å². The number of nitrogens with zero attached hydrogens (tertiary/aromatic N) is 2. The number of hydrogen-bond donors (Lipinski definition) is 2. The molecule has 0 aliphatic carbocycles. The van der Waals surface area contributed by atoms with E-state index in [2.05, 4.69) is 9.69 Å². The van der Waals surface area contributed by atoms with Gasteiger partial charge >= 0.3 is 6.18 Å². The van der Waals surface area contributed by atoms with Gasteiger partial charge in [0.15, 0.2) is 5.82 Å². The number of nitriles is 1. The van der Waals surface area contributed by atoms with Crippen LogP contribution in [0.25, 0.3) is 0 Å². The largest absolute Gasteiger partial charge is 0.389 e. The summed E-state index contributed by atoms with van der Waals surface area (Å²) in [7, 11) is 0. The Hall–Kier alpha value is -1.49. The Morgan fingerprint density at radius 3 is 2.71 bits per heavy atom. The number of nitrogen functional groups attached to an aromatic ring is 1. The second-order valence-corrected chi connectivity index (χ2v) is 4.16. The Bertz CT molecular complexity index is 407. The van der Waals surface area contributed by atoms with E-state index in [1.165, 1.54) is 0 Å². The van der Waals surface area contributed by atoms with E-state index in [4.69, 9.17) is 11.0 Å². The van der Waals surface area contributed by atoms with Crippen LogP contribution in [0.2, 0.25) is 0 Å². The third-order valence-corrected chi connectivity index (χ3v) is 2.82. The molecule has 1 aromatic rings. The predicted octanol–water partition coefficient (Wildman–Crippen LogP) is 2.74. The third kappa shape index (κ3) is 4.48. The molecule has 0 aromatic carbocycles. The van der Waals surface area contributed by atoms with Crippen molar-refractivity contribution in [2.75, 3.05) is 17.6 Å². The molecule has 1 heterocycles. The van der Waals surface area contributed by atoms with Gasteiger partial charge in [-0.15, -0.1) is 0 Å². The number of hydrogen-bond acceptors (Lipinski definition) is 5. The van der Waals surface area contributed by atoms with Crippen LogP contribution in [0.1, 0.15) is 24.8 Å². The molecule has 0 spiro atoms. The van der Waals surface area contributed by atoms with E-state index < -0.39 is 12.6 Å². The first-order valence-electron chi connectivity index (χ1n) is 4.90. The number of unbranched alkanes of at least 4 members (excludes halogenated alkanes) is 1. The smallest absolute Gasteiger partial charge is 0.382 e. The van der Waals surface area contributed by atoms with Crippen LogP contribution >= 0.6 is 11.5 Å². The number of alkyl halides is 3. The Balaban J connectivity index is 2.30. The van der Waals surface area contributed by atoms with Gasteiger partial charge in [0, 0.05) is 13.0 Å². The van der Waals surface area contributed by atoms with E-state index in [-0.39, 0.29) is 17.8 Å². The van der Waals surface area contributed by atoms with E-state index in [0.29, 0.717) is 18.0 Å². The van der Waals surface area contributed by atoms with Gasteiger partial charge in [0.05, 0.1) is 0 Å². The lowest BCUT2D eigenvalue weighted by molar-refractivity contribution is -0.135. The molecule has 0 aliphatic rings. The van der Waals surface area contributed by atoms with E-state index in [9.17, 15) is 13.2 Å². The van der Waals surface area contributed by atoms with Crippen molar-refractivity contribution in [2.45, 2.75) is 25.4 Å². The Labute approximate surface area is 100 Å². The molecule has 0 saturated heterocycles. The monoisotopic (exact) mass is 264 g/mol. The molecule has 0 fully saturated rings.